The number of nitrogens with zero attached hydrogens (tertiary/aromatic N) is 2. The number of rotatable bonds is 5. The second-order valence-electron chi connectivity index (χ2n) is 8.15. The highest BCUT2D eigenvalue weighted by Gasteiger charge is 2.27. The lowest BCUT2D eigenvalue weighted by Gasteiger charge is -2.36. The van der Waals surface area contributed by atoms with Gasteiger partial charge in [0.2, 0.25) is 0 Å². The molecule has 1 aliphatic rings. The zero-order chi connectivity index (χ0) is 22.7. The quantitative estimate of drug-likeness (QED) is 0.578. The monoisotopic (exact) mass is 431 g/mol. The molecule has 0 atom stereocenters. The summed E-state index contributed by atoms with van der Waals surface area (Å²) in [7, 11) is 0. The summed E-state index contributed by atoms with van der Waals surface area (Å²) in [6.07, 6.45) is 0.889. The van der Waals surface area contributed by atoms with Gasteiger partial charge in [0.15, 0.2) is 0 Å². The Morgan fingerprint density at radius 2 is 1.69 bits per heavy atom. The Kier molecular flexibility index (Phi) is 6.21. The molecule has 0 aromatic heterocycles. The second kappa shape index (κ2) is 9.22. The largest absolute Gasteiger partial charge is 0.324 e. The number of anilines is 2. The predicted molar refractivity (Wildman–Crippen MR) is 124 cm³/mol. The topological polar surface area (TPSA) is 52.6 Å². The number of hydrogen-bond acceptors (Lipinski definition) is 2. The number of nitrogens with one attached hydrogen (secondary N) is 1. The van der Waals surface area contributed by atoms with Crippen molar-refractivity contribution in [2.75, 3.05) is 23.3 Å². The van der Waals surface area contributed by atoms with Crippen LogP contribution in [0.15, 0.2) is 66.7 Å². The first-order valence-electron chi connectivity index (χ1n) is 10.7. The van der Waals surface area contributed by atoms with E-state index in [0.717, 1.165) is 18.7 Å². The van der Waals surface area contributed by atoms with Crippen LogP contribution in [0.5, 0.6) is 0 Å². The van der Waals surface area contributed by atoms with Crippen LogP contribution in [0.3, 0.4) is 0 Å². The molecule has 0 aliphatic carbocycles. The van der Waals surface area contributed by atoms with E-state index in [4.69, 9.17) is 0 Å². The fourth-order valence-corrected chi connectivity index (χ4v) is 3.87. The molecule has 0 radical (unpaired) electrons. The first kappa shape index (κ1) is 21.6. The highest BCUT2D eigenvalue weighted by molar-refractivity contribution is 6.04. The average molecular weight is 432 g/mol. The normalized spacial score (nSPS) is 13.9. The van der Waals surface area contributed by atoms with Crippen LogP contribution in [-0.2, 0) is 6.54 Å². The van der Waals surface area contributed by atoms with Crippen LogP contribution in [-0.4, -0.2) is 29.9 Å². The number of carbonyl (C=O) groups excluding carboxylic acids is 2. The standard InChI is InChI=1S/C26H26FN3O2/c1-18-4-5-19(2)21(16-18)17-29-14-3-15-30(26(29)32)24-12-10-23(11-13-24)28-25(31)20-6-8-22(27)9-7-20/h4-13,16H,3,14-15,17H2,1-2H3,(H,28,31). The molecule has 3 aromatic rings. The van der Waals surface area contributed by atoms with Crippen molar-refractivity contribution in [1.82, 2.24) is 4.90 Å². The van der Waals surface area contributed by atoms with Crippen LogP contribution in [0.4, 0.5) is 20.6 Å². The van der Waals surface area contributed by atoms with E-state index >= 15 is 0 Å². The minimum absolute atomic E-state index is 0.0137. The Balaban J connectivity index is 1.43. The molecule has 1 saturated heterocycles. The lowest BCUT2D eigenvalue weighted by Crippen LogP contribution is -2.49. The zero-order valence-electron chi connectivity index (χ0n) is 18.3. The smallest absolute Gasteiger partial charge is 0.322 e. The van der Waals surface area contributed by atoms with E-state index in [1.807, 2.05) is 17.0 Å². The molecule has 164 valence electrons. The van der Waals surface area contributed by atoms with Gasteiger partial charge in [-0.2, -0.15) is 0 Å². The molecular weight excluding hydrogens is 405 g/mol. The number of benzene rings is 3. The maximum Gasteiger partial charge on any atom is 0.324 e. The Hall–Kier alpha value is -3.67. The Labute approximate surface area is 187 Å². The summed E-state index contributed by atoms with van der Waals surface area (Å²) < 4.78 is 13.0. The summed E-state index contributed by atoms with van der Waals surface area (Å²) in [6.45, 7) is 6.11. The average Bonchev–Trinajstić information content (AvgIpc) is 2.79. The lowest BCUT2D eigenvalue weighted by molar-refractivity contribution is 0.102. The molecule has 0 spiro atoms. The molecule has 4 rings (SSSR count). The molecule has 3 amide bonds. The van der Waals surface area contributed by atoms with Crippen molar-refractivity contribution in [2.45, 2.75) is 26.8 Å². The molecule has 1 aliphatic heterocycles. The summed E-state index contributed by atoms with van der Waals surface area (Å²) in [5, 5.41) is 2.80. The first-order valence-corrected chi connectivity index (χ1v) is 10.7. The number of aryl methyl sites for hydroxylation is 2. The SMILES string of the molecule is Cc1ccc(C)c(CN2CCCN(c3ccc(NC(=O)c4ccc(F)cc4)cc3)C2=O)c1. The molecule has 1 fully saturated rings. The van der Waals surface area contributed by atoms with Gasteiger partial charge in [-0.05, 0) is 79.9 Å². The van der Waals surface area contributed by atoms with Gasteiger partial charge in [0.1, 0.15) is 5.82 Å². The first-order chi connectivity index (χ1) is 15.4. The van der Waals surface area contributed by atoms with E-state index in [0.29, 0.717) is 24.3 Å². The molecule has 0 unspecified atom stereocenters. The highest BCUT2D eigenvalue weighted by Crippen LogP contribution is 2.24. The van der Waals surface area contributed by atoms with Gasteiger partial charge in [0, 0.05) is 36.6 Å². The van der Waals surface area contributed by atoms with Crippen molar-refractivity contribution in [3.8, 4) is 0 Å². The third kappa shape index (κ3) is 4.80. The fourth-order valence-electron chi connectivity index (χ4n) is 3.87. The molecule has 1 N–H and O–H groups in total. The van der Waals surface area contributed by atoms with Gasteiger partial charge < -0.3 is 10.2 Å². The molecule has 1 heterocycles. The molecule has 5 nitrogen and oxygen atoms in total. The molecule has 6 heteroatoms. The molecule has 0 saturated carbocycles. The summed E-state index contributed by atoms with van der Waals surface area (Å²) in [4.78, 5) is 29.1. The van der Waals surface area contributed by atoms with E-state index in [1.54, 1.807) is 17.0 Å². The summed E-state index contributed by atoms with van der Waals surface area (Å²) in [6, 6.07) is 18.9. The van der Waals surface area contributed by atoms with Crippen LogP contribution in [0.2, 0.25) is 0 Å². The second-order valence-corrected chi connectivity index (χ2v) is 8.15. The fraction of sp³-hybridized carbons (Fsp3) is 0.231. The van der Waals surface area contributed by atoms with E-state index < -0.39 is 0 Å². The van der Waals surface area contributed by atoms with Gasteiger partial charge in [0.05, 0.1) is 0 Å². The van der Waals surface area contributed by atoms with Crippen molar-refractivity contribution < 1.29 is 14.0 Å². The summed E-state index contributed by atoms with van der Waals surface area (Å²) in [5.74, 6) is -0.699. The van der Waals surface area contributed by atoms with Crippen LogP contribution in [0.25, 0.3) is 0 Å². The maximum absolute atomic E-state index is 13.2. The van der Waals surface area contributed by atoms with Crippen molar-refractivity contribution in [3.05, 3.63) is 94.8 Å². The lowest BCUT2D eigenvalue weighted by atomic mass is 10.0. The molecular formula is C26H26FN3O2. The van der Waals surface area contributed by atoms with Crippen LogP contribution < -0.4 is 10.2 Å². The van der Waals surface area contributed by atoms with Gasteiger partial charge in [-0.1, -0.05) is 23.8 Å². The van der Waals surface area contributed by atoms with Gasteiger partial charge in [-0.3, -0.25) is 9.69 Å². The number of carbonyl (C=O) groups is 2. The molecule has 32 heavy (non-hydrogen) atoms. The van der Waals surface area contributed by atoms with Crippen molar-refractivity contribution >= 4 is 23.3 Å². The minimum atomic E-state index is -0.385. The van der Waals surface area contributed by atoms with Crippen LogP contribution in [0, 0.1) is 19.7 Å². The number of hydrogen-bond donors (Lipinski definition) is 1. The van der Waals surface area contributed by atoms with Crippen LogP contribution in [0.1, 0.15) is 33.5 Å². The summed E-state index contributed by atoms with van der Waals surface area (Å²) in [5.41, 5.74) is 5.31. The van der Waals surface area contributed by atoms with Gasteiger partial charge >= 0.3 is 6.03 Å². The van der Waals surface area contributed by atoms with Crippen molar-refractivity contribution in [3.63, 3.8) is 0 Å². The van der Waals surface area contributed by atoms with Gasteiger partial charge in [-0.15, -0.1) is 0 Å². The molecule has 0 bridgehead atoms. The summed E-state index contributed by atoms with van der Waals surface area (Å²) >= 11 is 0. The minimum Gasteiger partial charge on any atom is -0.322 e. The molecule has 3 aromatic carbocycles. The van der Waals surface area contributed by atoms with Crippen molar-refractivity contribution in [1.29, 1.82) is 0 Å². The number of amides is 3. The Bertz CT molecular complexity index is 1130. The van der Waals surface area contributed by atoms with E-state index in [-0.39, 0.29) is 17.8 Å². The van der Waals surface area contributed by atoms with Crippen molar-refractivity contribution in [2.24, 2.45) is 0 Å². The maximum atomic E-state index is 13.2. The third-order valence-electron chi connectivity index (χ3n) is 5.72. The van der Waals surface area contributed by atoms with Gasteiger partial charge in [-0.25, -0.2) is 9.18 Å². The van der Waals surface area contributed by atoms with E-state index in [2.05, 4.69) is 37.4 Å². The van der Waals surface area contributed by atoms with E-state index in [1.165, 1.54) is 41.0 Å². The van der Waals surface area contributed by atoms with Crippen LogP contribution >= 0.6 is 0 Å². The van der Waals surface area contributed by atoms with Gasteiger partial charge in [0.25, 0.3) is 5.91 Å². The zero-order valence-corrected chi connectivity index (χ0v) is 18.3. The highest BCUT2D eigenvalue weighted by atomic mass is 19.1. The Morgan fingerprint density at radius 3 is 2.41 bits per heavy atom. The number of halogens is 1. The predicted octanol–water partition coefficient (Wildman–Crippen LogP) is 5.53. The number of urea groups is 1. The Morgan fingerprint density at radius 1 is 0.969 bits per heavy atom. The third-order valence-corrected chi connectivity index (χ3v) is 5.72. The van der Waals surface area contributed by atoms with E-state index in [9.17, 15) is 14.0 Å².